The maximum Gasteiger partial charge on any atom is 0.181 e. The van der Waals surface area contributed by atoms with E-state index in [-0.39, 0.29) is 0 Å². The smallest absolute Gasteiger partial charge is 0.181 e. The number of benzene rings is 1. The third kappa shape index (κ3) is 2.65. The van der Waals surface area contributed by atoms with Gasteiger partial charge >= 0.3 is 0 Å². The van der Waals surface area contributed by atoms with E-state index in [1.165, 1.54) is 17.5 Å². The molecule has 0 aliphatic heterocycles. The first-order valence-electron chi connectivity index (χ1n) is 7.86. The van der Waals surface area contributed by atoms with E-state index in [1.54, 1.807) is 12.4 Å². The van der Waals surface area contributed by atoms with E-state index >= 15 is 0 Å². The molecule has 0 aliphatic rings. The summed E-state index contributed by atoms with van der Waals surface area (Å²) in [4.78, 5) is 15.8. The van der Waals surface area contributed by atoms with Gasteiger partial charge in [0.1, 0.15) is 11.8 Å². The highest BCUT2D eigenvalue weighted by molar-refractivity contribution is 5.85. The van der Waals surface area contributed by atoms with Crippen molar-refractivity contribution in [2.45, 2.75) is 13.8 Å². The zero-order chi connectivity index (χ0) is 17.4. The summed E-state index contributed by atoms with van der Waals surface area (Å²) in [6, 6.07) is 6.19. The number of aromatic amines is 2. The third-order valence-electron chi connectivity index (χ3n) is 4.10. The van der Waals surface area contributed by atoms with Crippen molar-refractivity contribution in [3.8, 4) is 11.5 Å². The summed E-state index contributed by atoms with van der Waals surface area (Å²) in [7, 11) is 0. The number of fused-ring (bicyclic) bond motifs is 1. The average Bonchev–Trinajstić information content (AvgIpc) is 3.20. The molecule has 0 spiro atoms. The van der Waals surface area contributed by atoms with Crippen LogP contribution in [0.3, 0.4) is 0 Å². The molecule has 3 aromatic heterocycles. The number of anilines is 1. The highest BCUT2D eigenvalue weighted by atomic mass is 15.2. The Morgan fingerprint density at radius 3 is 2.76 bits per heavy atom. The van der Waals surface area contributed by atoms with Crippen molar-refractivity contribution in [2.24, 2.45) is 0 Å². The fourth-order valence-electron chi connectivity index (χ4n) is 2.96. The van der Waals surface area contributed by atoms with Crippen LogP contribution in [0.2, 0.25) is 0 Å². The molecular weight excluding hydrogens is 314 g/mol. The van der Waals surface area contributed by atoms with Crippen molar-refractivity contribution in [1.82, 2.24) is 30.1 Å². The van der Waals surface area contributed by atoms with E-state index in [9.17, 15) is 0 Å². The van der Waals surface area contributed by atoms with Gasteiger partial charge < -0.3 is 10.3 Å². The molecule has 0 amide bonds. The number of hydrogen-bond acceptors (Lipinski definition) is 5. The summed E-state index contributed by atoms with van der Waals surface area (Å²) in [5.74, 6) is 0.619. The molecule has 124 valence electrons. The van der Waals surface area contributed by atoms with Gasteiger partial charge in [0.2, 0.25) is 0 Å². The minimum absolute atomic E-state index is 0.604. The number of aromatic nitrogens is 6. The number of imidazole rings is 1. The second kappa shape index (κ2) is 5.86. The molecule has 0 unspecified atom stereocenters. The van der Waals surface area contributed by atoms with Crippen LogP contribution in [-0.2, 0) is 0 Å². The van der Waals surface area contributed by atoms with Crippen LogP contribution in [0.15, 0.2) is 43.5 Å². The van der Waals surface area contributed by atoms with Crippen LogP contribution >= 0.6 is 0 Å². The monoisotopic (exact) mass is 331 g/mol. The molecule has 7 heteroatoms. The van der Waals surface area contributed by atoms with Gasteiger partial charge in [-0.1, -0.05) is 24.8 Å². The van der Waals surface area contributed by atoms with Gasteiger partial charge in [-0.05, 0) is 25.0 Å². The molecule has 3 N–H and O–H groups in total. The average molecular weight is 331 g/mol. The standard InChI is InChI=1S/C18H17N7/c1-10-5-4-6-11(2)15(10)12(3)22-13-8-21-25-16(13)18-23-14-7-19-9-20-17(14)24-18/h4-9,22H,3H2,1-2H3,(H,21,25)(H,19,20,23,24). The predicted molar refractivity (Wildman–Crippen MR) is 97.8 cm³/mol. The summed E-state index contributed by atoms with van der Waals surface area (Å²) in [6.07, 6.45) is 4.95. The van der Waals surface area contributed by atoms with Crippen molar-refractivity contribution in [3.05, 3.63) is 60.2 Å². The van der Waals surface area contributed by atoms with E-state index < -0.39 is 0 Å². The lowest BCUT2D eigenvalue weighted by Gasteiger charge is -2.14. The first-order chi connectivity index (χ1) is 12.1. The van der Waals surface area contributed by atoms with Crippen LogP contribution in [-0.4, -0.2) is 30.1 Å². The molecule has 0 bridgehead atoms. The van der Waals surface area contributed by atoms with Gasteiger partial charge in [-0.15, -0.1) is 0 Å². The number of nitrogens with zero attached hydrogens (tertiary/aromatic N) is 4. The minimum atomic E-state index is 0.604. The summed E-state index contributed by atoms with van der Waals surface area (Å²) < 4.78 is 0. The second-order valence-electron chi connectivity index (χ2n) is 5.86. The Hall–Kier alpha value is -3.48. The van der Waals surface area contributed by atoms with Crippen molar-refractivity contribution in [1.29, 1.82) is 0 Å². The quantitative estimate of drug-likeness (QED) is 0.532. The second-order valence-corrected chi connectivity index (χ2v) is 5.86. The number of H-pyrrole nitrogens is 2. The van der Waals surface area contributed by atoms with Crippen LogP contribution in [0.4, 0.5) is 5.69 Å². The van der Waals surface area contributed by atoms with Gasteiger partial charge in [0, 0.05) is 17.5 Å². The van der Waals surface area contributed by atoms with Crippen molar-refractivity contribution in [3.63, 3.8) is 0 Å². The lowest BCUT2D eigenvalue weighted by atomic mass is 10.0. The van der Waals surface area contributed by atoms with E-state index in [2.05, 4.69) is 68.0 Å². The molecular formula is C18H17N7. The number of hydrogen-bond donors (Lipinski definition) is 3. The molecule has 7 nitrogen and oxygen atoms in total. The summed E-state index contributed by atoms with van der Waals surface area (Å²) in [6.45, 7) is 8.34. The minimum Gasteiger partial charge on any atom is -0.352 e. The van der Waals surface area contributed by atoms with Crippen molar-refractivity contribution >= 4 is 22.5 Å². The molecule has 0 saturated heterocycles. The topological polar surface area (TPSA) is 95.2 Å². The van der Waals surface area contributed by atoms with Gasteiger partial charge in [0.25, 0.3) is 0 Å². The largest absolute Gasteiger partial charge is 0.352 e. The van der Waals surface area contributed by atoms with Gasteiger partial charge in [-0.25, -0.2) is 15.0 Å². The van der Waals surface area contributed by atoms with E-state index in [0.717, 1.165) is 22.5 Å². The van der Waals surface area contributed by atoms with Gasteiger partial charge in [-0.3, -0.25) is 5.10 Å². The Balaban J connectivity index is 1.69. The third-order valence-corrected chi connectivity index (χ3v) is 4.10. The first-order valence-corrected chi connectivity index (χ1v) is 7.86. The van der Waals surface area contributed by atoms with E-state index in [0.29, 0.717) is 17.2 Å². The molecule has 0 atom stereocenters. The highest BCUT2D eigenvalue weighted by Crippen LogP contribution is 2.29. The van der Waals surface area contributed by atoms with E-state index in [4.69, 9.17) is 0 Å². The van der Waals surface area contributed by atoms with Crippen molar-refractivity contribution < 1.29 is 0 Å². The zero-order valence-corrected chi connectivity index (χ0v) is 14.0. The number of aryl methyl sites for hydroxylation is 2. The molecule has 1 aromatic carbocycles. The molecule has 25 heavy (non-hydrogen) atoms. The fraction of sp³-hybridized carbons (Fsp3) is 0.111. The Morgan fingerprint density at radius 2 is 2.00 bits per heavy atom. The zero-order valence-electron chi connectivity index (χ0n) is 14.0. The molecule has 4 aromatic rings. The first kappa shape index (κ1) is 15.1. The summed E-state index contributed by atoms with van der Waals surface area (Å²) in [5.41, 5.74) is 7.08. The van der Waals surface area contributed by atoms with Crippen LogP contribution in [0.5, 0.6) is 0 Å². The molecule has 0 fully saturated rings. The lowest BCUT2D eigenvalue weighted by Crippen LogP contribution is -2.02. The molecule has 0 radical (unpaired) electrons. The number of rotatable bonds is 4. The Labute approximate surface area is 144 Å². The van der Waals surface area contributed by atoms with Gasteiger partial charge in [-0.2, -0.15) is 5.10 Å². The van der Waals surface area contributed by atoms with Crippen LogP contribution in [0.1, 0.15) is 16.7 Å². The Bertz CT molecular complexity index is 1020. The Kier molecular flexibility index (Phi) is 3.53. The van der Waals surface area contributed by atoms with Crippen LogP contribution < -0.4 is 5.32 Å². The maximum atomic E-state index is 4.47. The molecule has 4 rings (SSSR count). The fourth-order valence-corrected chi connectivity index (χ4v) is 2.96. The molecule has 0 saturated carbocycles. The van der Waals surface area contributed by atoms with Crippen LogP contribution in [0, 0.1) is 13.8 Å². The number of nitrogens with one attached hydrogen (secondary N) is 3. The predicted octanol–water partition coefficient (Wildman–Crippen LogP) is 3.44. The normalized spacial score (nSPS) is 11.0. The van der Waals surface area contributed by atoms with Gasteiger partial charge in [0.15, 0.2) is 17.2 Å². The van der Waals surface area contributed by atoms with E-state index in [1.807, 2.05) is 6.07 Å². The maximum absolute atomic E-state index is 4.47. The SMILES string of the molecule is C=C(Nc1c[nH]nc1-c1nc2ncncc2[nH]1)c1c(C)cccc1C. The highest BCUT2D eigenvalue weighted by Gasteiger charge is 2.15. The molecule has 3 heterocycles. The molecule has 0 aliphatic carbocycles. The Morgan fingerprint density at radius 1 is 1.20 bits per heavy atom. The van der Waals surface area contributed by atoms with Gasteiger partial charge in [0.05, 0.1) is 11.9 Å². The lowest BCUT2D eigenvalue weighted by molar-refractivity contribution is 1.08. The van der Waals surface area contributed by atoms with Crippen LogP contribution in [0.25, 0.3) is 28.4 Å². The van der Waals surface area contributed by atoms with Crippen molar-refractivity contribution in [2.75, 3.05) is 5.32 Å². The summed E-state index contributed by atoms with van der Waals surface area (Å²) in [5, 5.41) is 10.5. The summed E-state index contributed by atoms with van der Waals surface area (Å²) >= 11 is 0.